The van der Waals surface area contributed by atoms with E-state index in [1.54, 1.807) is 0 Å². The summed E-state index contributed by atoms with van der Waals surface area (Å²) in [5, 5.41) is 1.88. The van der Waals surface area contributed by atoms with Gasteiger partial charge in [-0.3, -0.25) is 4.98 Å². The first-order valence-electron chi connectivity index (χ1n) is 8.04. The van der Waals surface area contributed by atoms with E-state index in [4.69, 9.17) is 11.6 Å². The van der Waals surface area contributed by atoms with Crippen molar-refractivity contribution in [2.24, 2.45) is 0 Å². The van der Waals surface area contributed by atoms with Gasteiger partial charge in [-0.25, -0.2) is 0 Å². The van der Waals surface area contributed by atoms with Gasteiger partial charge >= 0.3 is 0 Å². The molecule has 0 radical (unpaired) electrons. The Labute approximate surface area is 135 Å². The topological polar surface area (TPSA) is 28.7 Å². The highest BCUT2D eigenvalue weighted by molar-refractivity contribution is 6.31. The van der Waals surface area contributed by atoms with Crippen molar-refractivity contribution in [2.75, 3.05) is 0 Å². The molecule has 1 fully saturated rings. The highest BCUT2D eigenvalue weighted by atomic mass is 35.5. The summed E-state index contributed by atoms with van der Waals surface area (Å²) >= 11 is 6.08. The van der Waals surface area contributed by atoms with Crippen LogP contribution in [0.3, 0.4) is 0 Å². The van der Waals surface area contributed by atoms with Gasteiger partial charge in [-0.2, -0.15) is 0 Å². The highest BCUT2D eigenvalue weighted by Crippen LogP contribution is 2.35. The molecule has 112 valence electrons. The minimum absolute atomic E-state index is 0.699. The fourth-order valence-corrected chi connectivity index (χ4v) is 3.76. The zero-order valence-electron chi connectivity index (χ0n) is 12.5. The predicted octanol–water partition coefficient (Wildman–Crippen LogP) is 5.93. The molecule has 2 aromatic heterocycles. The van der Waals surface area contributed by atoms with Crippen LogP contribution in [0.15, 0.2) is 42.7 Å². The number of pyridine rings is 1. The van der Waals surface area contributed by atoms with E-state index in [-0.39, 0.29) is 0 Å². The molecule has 2 nitrogen and oxygen atoms in total. The monoisotopic (exact) mass is 310 g/mol. The second-order valence-electron chi connectivity index (χ2n) is 6.20. The molecule has 1 aliphatic rings. The van der Waals surface area contributed by atoms with Crippen LogP contribution < -0.4 is 0 Å². The Hall–Kier alpha value is -1.80. The van der Waals surface area contributed by atoms with Crippen molar-refractivity contribution >= 4 is 22.5 Å². The summed E-state index contributed by atoms with van der Waals surface area (Å²) in [4.78, 5) is 7.93. The Morgan fingerprint density at radius 2 is 1.91 bits per heavy atom. The molecule has 3 aromatic rings. The Kier molecular flexibility index (Phi) is 3.63. The van der Waals surface area contributed by atoms with E-state index in [2.05, 4.69) is 34.4 Å². The van der Waals surface area contributed by atoms with Gasteiger partial charge in [0.25, 0.3) is 0 Å². The summed E-state index contributed by atoms with van der Waals surface area (Å²) in [6, 6.07) is 10.3. The molecule has 0 unspecified atom stereocenters. The van der Waals surface area contributed by atoms with Gasteiger partial charge in [-0.15, -0.1) is 0 Å². The molecule has 1 aromatic carbocycles. The molecule has 1 aliphatic carbocycles. The van der Waals surface area contributed by atoms with Gasteiger partial charge in [0.15, 0.2) is 0 Å². The van der Waals surface area contributed by atoms with Crippen LogP contribution in [-0.4, -0.2) is 9.97 Å². The van der Waals surface area contributed by atoms with E-state index < -0.39 is 0 Å². The summed E-state index contributed by atoms with van der Waals surface area (Å²) in [5.41, 5.74) is 4.80. The summed E-state index contributed by atoms with van der Waals surface area (Å²) in [6.07, 6.45) is 10.7. The molecule has 1 saturated carbocycles. The van der Waals surface area contributed by atoms with Crippen LogP contribution in [0.4, 0.5) is 0 Å². The number of rotatable bonds is 2. The first kappa shape index (κ1) is 13.8. The van der Waals surface area contributed by atoms with Crippen molar-refractivity contribution in [2.45, 2.75) is 38.0 Å². The molecule has 0 saturated heterocycles. The summed E-state index contributed by atoms with van der Waals surface area (Å²) < 4.78 is 0. The zero-order chi connectivity index (χ0) is 14.9. The van der Waals surface area contributed by atoms with E-state index in [1.807, 2.05) is 18.3 Å². The molecule has 4 rings (SSSR count). The summed E-state index contributed by atoms with van der Waals surface area (Å²) in [5.74, 6) is 0.699. The molecule has 0 amide bonds. The van der Waals surface area contributed by atoms with Crippen LogP contribution in [-0.2, 0) is 0 Å². The normalized spacial score (nSPS) is 16.2. The lowest BCUT2D eigenvalue weighted by molar-refractivity contribution is 0.438. The summed E-state index contributed by atoms with van der Waals surface area (Å²) in [6.45, 7) is 0. The number of aromatic amines is 1. The smallest absolute Gasteiger partial charge is 0.0723 e. The van der Waals surface area contributed by atoms with E-state index in [1.165, 1.54) is 48.9 Å². The van der Waals surface area contributed by atoms with Crippen molar-refractivity contribution in [3.8, 4) is 11.1 Å². The number of hydrogen-bond donors (Lipinski definition) is 1. The van der Waals surface area contributed by atoms with Crippen LogP contribution >= 0.6 is 11.6 Å². The highest BCUT2D eigenvalue weighted by Gasteiger charge is 2.17. The lowest BCUT2D eigenvalue weighted by Gasteiger charge is -2.20. The molecular formula is C19H19ClN2. The molecule has 0 atom stereocenters. The van der Waals surface area contributed by atoms with Crippen molar-refractivity contribution in [3.05, 3.63) is 53.4 Å². The van der Waals surface area contributed by atoms with Crippen LogP contribution in [0.5, 0.6) is 0 Å². The number of benzene rings is 1. The third-order valence-electron chi connectivity index (χ3n) is 4.77. The van der Waals surface area contributed by atoms with E-state index in [0.717, 1.165) is 15.9 Å². The van der Waals surface area contributed by atoms with Crippen LogP contribution in [0.25, 0.3) is 22.0 Å². The first-order valence-corrected chi connectivity index (χ1v) is 8.42. The van der Waals surface area contributed by atoms with E-state index >= 15 is 0 Å². The molecule has 0 aliphatic heterocycles. The number of H-pyrrole nitrogens is 1. The Bertz CT molecular complexity index is 800. The fourth-order valence-electron chi connectivity index (χ4n) is 3.59. The predicted molar refractivity (Wildman–Crippen MR) is 92.4 cm³/mol. The molecule has 1 N–H and O–H groups in total. The minimum Gasteiger partial charge on any atom is -0.364 e. The standard InChI is InChI=1S/C19H19ClN2/c20-15-6-7-17-16(8-9-21-19(17)11-15)14-10-18(22-12-14)13-4-2-1-3-5-13/h6-13,22H,1-5H2. The van der Waals surface area contributed by atoms with Gasteiger partial charge in [-0.1, -0.05) is 36.9 Å². The number of halogens is 1. The first-order chi connectivity index (χ1) is 10.8. The second-order valence-corrected chi connectivity index (χ2v) is 6.64. The minimum atomic E-state index is 0.699. The van der Waals surface area contributed by atoms with Crippen molar-refractivity contribution < 1.29 is 0 Å². The number of hydrogen-bond acceptors (Lipinski definition) is 1. The van der Waals surface area contributed by atoms with Crippen LogP contribution in [0.1, 0.15) is 43.7 Å². The van der Waals surface area contributed by atoms with Crippen molar-refractivity contribution in [3.63, 3.8) is 0 Å². The lowest BCUT2D eigenvalue weighted by atomic mass is 9.87. The number of nitrogens with one attached hydrogen (secondary N) is 1. The van der Waals surface area contributed by atoms with Crippen LogP contribution in [0, 0.1) is 0 Å². The van der Waals surface area contributed by atoms with Crippen molar-refractivity contribution in [1.29, 1.82) is 0 Å². The van der Waals surface area contributed by atoms with Gasteiger partial charge in [0.1, 0.15) is 0 Å². The molecule has 3 heteroatoms. The molecular weight excluding hydrogens is 292 g/mol. The van der Waals surface area contributed by atoms with E-state index in [0.29, 0.717) is 5.92 Å². The Morgan fingerprint density at radius 1 is 1.05 bits per heavy atom. The van der Waals surface area contributed by atoms with Gasteiger partial charge in [0.05, 0.1) is 5.52 Å². The quantitative estimate of drug-likeness (QED) is 0.624. The molecule has 0 spiro atoms. The molecule has 22 heavy (non-hydrogen) atoms. The van der Waals surface area contributed by atoms with E-state index in [9.17, 15) is 0 Å². The molecule has 2 heterocycles. The van der Waals surface area contributed by atoms with Crippen molar-refractivity contribution in [1.82, 2.24) is 9.97 Å². The maximum atomic E-state index is 6.08. The Morgan fingerprint density at radius 3 is 2.77 bits per heavy atom. The average Bonchev–Trinajstić information content (AvgIpc) is 3.04. The number of aromatic nitrogens is 2. The third kappa shape index (κ3) is 2.52. The third-order valence-corrected chi connectivity index (χ3v) is 5.00. The van der Waals surface area contributed by atoms with Gasteiger partial charge in [0.2, 0.25) is 0 Å². The zero-order valence-corrected chi connectivity index (χ0v) is 13.2. The number of fused-ring (bicyclic) bond motifs is 1. The Balaban J connectivity index is 1.74. The van der Waals surface area contributed by atoms with Gasteiger partial charge in [-0.05, 0) is 48.6 Å². The number of nitrogens with zero attached hydrogens (tertiary/aromatic N) is 1. The maximum Gasteiger partial charge on any atom is 0.0723 e. The fraction of sp³-hybridized carbons (Fsp3) is 0.316. The second kappa shape index (κ2) is 5.77. The molecule has 0 bridgehead atoms. The summed E-state index contributed by atoms with van der Waals surface area (Å²) in [7, 11) is 0. The average molecular weight is 311 g/mol. The maximum absolute atomic E-state index is 6.08. The largest absolute Gasteiger partial charge is 0.364 e. The van der Waals surface area contributed by atoms with Gasteiger partial charge < -0.3 is 4.98 Å². The van der Waals surface area contributed by atoms with Gasteiger partial charge in [0, 0.05) is 34.1 Å². The van der Waals surface area contributed by atoms with Crippen LogP contribution in [0.2, 0.25) is 5.02 Å². The lowest BCUT2D eigenvalue weighted by Crippen LogP contribution is -2.04. The SMILES string of the molecule is Clc1ccc2c(-c3c[nH]c(C4CCCCC4)c3)ccnc2c1.